The highest BCUT2D eigenvalue weighted by Crippen LogP contribution is 2.26. The Morgan fingerprint density at radius 2 is 1.81 bits per heavy atom. The Balaban J connectivity index is 1.59. The van der Waals surface area contributed by atoms with Crippen LogP contribution in [0.15, 0.2) is 63.3 Å². The summed E-state index contributed by atoms with van der Waals surface area (Å²) < 4.78 is 28.1. The van der Waals surface area contributed by atoms with Gasteiger partial charge in [0.15, 0.2) is 0 Å². The predicted octanol–water partition coefficient (Wildman–Crippen LogP) is 4.97. The summed E-state index contributed by atoms with van der Waals surface area (Å²) in [5.41, 5.74) is 1.78. The first kappa shape index (κ1) is 24.3. The number of sulfonamides is 1. The number of nitrogens with one attached hydrogen (secondary N) is 2. The Morgan fingerprint density at radius 1 is 1.06 bits per heavy atom. The van der Waals surface area contributed by atoms with Gasteiger partial charge in [0.1, 0.15) is 5.84 Å². The first-order valence-corrected chi connectivity index (χ1v) is 13.3. The van der Waals surface area contributed by atoms with Gasteiger partial charge in [-0.1, -0.05) is 45.4 Å². The quantitative estimate of drug-likeness (QED) is 0.580. The number of carbonyl (C=O) groups excluding carboxylic acids is 1. The summed E-state index contributed by atoms with van der Waals surface area (Å²) in [6.07, 6.45) is 3.58. The molecule has 0 radical (unpaired) electrons. The van der Waals surface area contributed by atoms with Crippen molar-refractivity contribution < 1.29 is 13.2 Å². The first-order chi connectivity index (χ1) is 15.1. The van der Waals surface area contributed by atoms with Gasteiger partial charge < -0.3 is 5.32 Å². The molecule has 1 aliphatic heterocycles. The Bertz CT molecular complexity index is 1070. The molecule has 32 heavy (non-hydrogen) atoms. The molecule has 0 spiro atoms. The maximum atomic E-state index is 12.8. The van der Waals surface area contributed by atoms with Gasteiger partial charge in [-0.2, -0.15) is 0 Å². The zero-order valence-corrected chi connectivity index (χ0v) is 20.5. The Labute approximate surface area is 195 Å². The van der Waals surface area contributed by atoms with Crippen LogP contribution in [0.5, 0.6) is 0 Å². The molecule has 1 aliphatic rings. The SMILES string of the molecule is CC(C)(C)c1ccc(SCC(=O)Nc2cccc(S(=O)(=O)NC3=NCCCCC3)c2)cc1. The van der Waals surface area contributed by atoms with Crippen LogP contribution < -0.4 is 10.0 Å². The van der Waals surface area contributed by atoms with E-state index in [2.05, 4.69) is 47.9 Å². The molecule has 6 nitrogen and oxygen atoms in total. The number of anilines is 1. The lowest BCUT2D eigenvalue weighted by atomic mass is 9.87. The molecule has 2 N–H and O–H groups in total. The third-order valence-corrected chi connectivity index (χ3v) is 7.54. The molecular formula is C24H31N3O3S2. The van der Waals surface area contributed by atoms with Crippen LogP contribution in [0.2, 0.25) is 0 Å². The van der Waals surface area contributed by atoms with Gasteiger partial charge in [-0.25, -0.2) is 8.42 Å². The van der Waals surface area contributed by atoms with Crippen molar-refractivity contribution >= 4 is 39.2 Å². The third-order valence-electron chi connectivity index (χ3n) is 5.14. The van der Waals surface area contributed by atoms with Gasteiger partial charge in [-0.3, -0.25) is 14.5 Å². The molecule has 172 valence electrons. The van der Waals surface area contributed by atoms with Crippen molar-refractivity contribution in [3.05, 3.63) is 54.1 Å². The van der Waals surface area contributed by atoms with Crippen LogP contribution in [0.25, 0.3) is 0 Å². The molecule has 2 aromatic rings. The summed E-state index contributed by atoms with van der Waals surface area (Å²) in [5, 5.41) is 2.79. The molecule has 0 saturated heterocycles. The van der Waals surface area contributed by atoms with Crippen LogP contribution in [0, 0.1) is 0 Å². The van der Waals surface area contributed by atoms with E-state index in [1.54, 1.807) is 12.1 Å². The largest absolute Gasteiger partial charge is 0.325 e. The molecule has 3 rings (SSSR count). The molecule has 1 heterocycles. The fourth-order valence-electron chi connectivity index (χ4n) is 3.31. The van der Waals surface area contributed by atoms with Gasteiger partial charge in [-0.05, 0) is 54.2 Å². The molecule has 0 aliphatic carbocycles. The van der Waals surface area contributed by atoms with Crippen LogP contribution in [-0.2, 0) is 20.2 Å². The van der Waals surface area contributed by atoms with Gasteiger partial charge in [0.2, 0.25) is 5.91 Å². The first-order valence-electron chi connectivity index (χ1n) is 10.8. The number of thioether (sulfide) groups is 1. The molecule has 0 saturated carbocycles. The number of hydrogen-bond acceptors (Lipinski definition) is 5. The summed E-state index contributed by atoms with van der Waals surface area (Å²) in [4.78, 5) is 17.9. The normalized spacial score (nSPS) is 14.9. The summed E-state index contributed by atoms with van der Waals surface area (Å²) in [5.74, 6) is 0.553. The van der Waals surface area contributed by atoms with Gasteiger partial charge in [0, 0.05) is 23.5 Å². The van der Waals surface area contributed by atoms with E-state index in [4.69, 9.17) is 0 Å². The van der Waals surface area contributed by atoms with E-state index in [1.807, 2.05) is 12.1 Å². The summed E-state index contributed by atoms with van der Waals surface area (Å²) in [6, 6.07) is 14.5. The Kier molecular flexibility index (Phi) is 8.00. The van der Waals surface area contributed by atoms with Crippen LogP contribution in [0.3, 0.4) is 0 Å². The molecule has 0 atom stereocenters. The minimum absolute atomic E-state index is 0.0869. The summed E-state index contributed by atoms with van der Waals surface area (Å²) in [6.45, 7) is 7.13. The predicted molar refractivity (Wildman–Crippen MR) is 132 cm³/mol. The monoisotopic (exact) mass is 473 g/mol. The zero-order valence-electron chi connectivity index (χ0n) is 18.8. The molecule has 1 amide bonds. The van der Waals surface area contributed by atoms with Crippen molar-refractivity contribution in [1.29, 1.82) is 0 Å². The molecule has 0 bridgehead atoms. The van der Waals surface area contributed by atoms with Crippen molar-refractivity contribution in [3.63, 3.8) is 0 Å². The van der Waals surface area contributed by atoms with E-state index in [0.717, 1.165) is 24.2 Å². The van der Waals surface area contributed by atoms with E-state index >= 15 is 0 Å². The second-order valence-electron chi connectivity index (χ2n) is 8.88. The van der Waals surface area contributed by atoms with Crippen molar-refractivity contribution in [2.75, 3.05) is 17.6 Å². The third kappa shape index (κ3) is 7.10. The number of rotatable bonds is 6. The minimum Gasteiger partial charge on any atom is -0.325 e. The number of amides is 1. The standard InChI is InChI=1S/C24H31N3O3S2/c1-24(2,3)18-11-13-20(14-12-18)31-17-23(28)26-19-8-7-9-21(16-19)32(29,30)27-22-10-5-4-6-15-25-22/h7-9,11-14,16H,4-6,10,15,17H2,1-3H3,(H,25,27)(H,26,28). The van der Waals surface area contributed by atoms with Gasteiger partial charge in [0.25, 0.3) is 10.0 Å². The Morgan fingerprint density at radius 3 is 2.53 bits per heavy atom. The molecule has 0 aromatic heterocycles. The lowest BCUT2D eigenvalue weighted by molar-refractivity contribution is -0.113. The number of amidine groups is 1. The van der Waals surface area contributed by atoms with Crippen molar-refractivity contribution in [3.8, 4) is 0 Å². The van der Waals surface area contributed by atoms with E-state index in [9.17, 15) is 13.2 Å². The van der Waals surface area contributed by atoms with Crippen molar-refractivity contribution in [2.24, 2.45) is 4.99 Å². The van der Waals surface area contributed by atoms with E-state index in [-0.39, 0.29) is 22.0 Å². The van der Waals surface area contributed by atoms with Crippen LogP contribution >= 0.6 is 11.8 Å². The molecule has 0 unspecified atom stereocenters. The van der Waals surface area contributed by atoms with Crippen LogP contribution in [-0.4, -0.2) is 32.5 Å². The van der Waals surface area contributed by atoms with Gasteiger partial charge in [0.05, 0.1) is 10.6 Å². The average Bonchev–Trinajstić information content (AvgIpc) is 3.00. The topological polar surface area (TPSA) is 87.6 Å². The van der Waals surface area contributed by atoms with Crippen molar-refractivity contribution in [2.45, 2.75) is 61.7 Å². The lowest BCUT2D eigenvalue weighted by Crippen LogP contribution is -2.30. The molecular weight excluding hydrogens is 442 g/mol. The fourth-order valence-corrected chi connectivity index (χ4v) is 5.14. The molecule has 2 aromatic carbocycles. The number of benzene rings is 2. The van der Waals surface area contributed by atoms with Gasteiger partial charge >= 0.3 is 0 Å². The second-order valence-corrected chi connectivity index (χ2v) is 11.6. The van der Waals surface area contributed by atoms with E-state index in [1.165, 1.54) is 29.5 Å². The average molecular weight is 474 g/mol. The zero-order chi connectivity index (χ0) is 23.2. The smallest absolute Gasteiger partial charge is 0.262 e. The van der Waals surface area contributed by atoms with E-state index < -0.39 is 10.0 Å². The summed E-state index contributed by atoms with van der Waals surface area (Å²) in [7, 11) is -3.74. The summed E-state index contributed by atoms with van der Waals surface area (Å²) >= 11 is 1.44. The fraction of sp³-hybridized carbons (Fsp3) is 0.417. The van der Waals surface area contributed by atoms with Gasteiger partial charge in [-0.15, -0.1) is 11.8 Å². The highest BCUT2D eigenvalue weighted by molar-refractivity contribution is 8.00. The highest BCUT2D eigenvalue weighted by atomic mass is 32.2. The second kappa shape index (κ2) is 10.5. The van der Waals surface area contributed by atoms with Crippen molar-refractivity contribution in [1.82, 2.24) is 4.72 Å². The maximum absolute atomic E-state index is 12.8. The molecule has 8 heteroatoms. The minimum atomic E-state index is -3.74. The lowest BCUT2D eigenvalue weighted by Gasteiger charge is -2.19. The Hall–Kier alpha value is -2.32. The van der Waals surface area contributed by atoms with Crippen LogP contribution in [0.1, 0.15) is 52.0 Å². The molecule has 0 fully saturated rings. The number of carbonyl (C=O) groups is 1. The van der Waals surface area contributed by atoms with E-state index in [0.29, 0.717) is 24.5 Å². The maximum Gasteiger partial charge on any atom is 0.262 e. The number of hydrogen-bond donors (Lipinski definition) is 2. The number of aliphatic imine (C=N–C) groups is 1. The number of nitrogens with zero attached hydrogens (tertiary/aromatic N) is 1. The highest BCUT2D eigenvalue weighted by Gasteiger charge is 2.18. The van der Waals surface area contributed by atoms with Crippen LogP contribution in [0.4, 0.5) is 5.69 Å².